The smallest absolute Gasteiger partial charge is 0.292 e. The Morgan fingerprint density at radius 2 is 2.00 bits per heavy atom. The van der Waals surface area contributed by atoms with Gasteiger partial charge in [0.05, 0.1) is 4.92 Å². The van der Waals surface area contributed by atoms with Crippen LogP contribution < -0.4 is 10.5 Å². The minimum Gasteiger partial charge on any atom is -0.330 e. The van der Waals surface area contributed by atoms with E-state index in [0.29, 0.717) is 13.0 Å². The van der Waals surface area contributed by atoms with Crippen LogP contribution in [0.1, 0.15) is 25.7 Å². The van der Waals surface area contributed by atoms with Crippen molar-refractivity contribution >= 4 is 28.1 Å². The van der Waals surface area contributed by atoms with Gasteiger partial charge in [-0.2, -0.15) is 0 Å². The lowest BCUT2D eigenvalue weighted by Gasteiger charge is -2.30. The Morgan fingerprint density at radius 3 is 2.61 bits per heavy atom. The van der Waals surface area contributed by atoms with E-state index in [1.807, 2.05) is 0 Å². The Balaban J connectivity index is 0.00000264. The van der Waals surface area contributed by atoms with Gasteiger partial charge in [0.15, 0.2) is 4.90 Å². The summed E-state index contributed by atoms with van der Waals surface area (Å²) in [6.07, 6.45) is 3.16. The van der Waals surface area contributed by atoms with Gasteiger partial charge in [0, 0.05) is 12.1 Å². The van der Waals surface area contributed by atoms with E-state index in [4.69, 9.17) is 5.73 Å². The molecule has 7 nitrogen and oxygen atoms in total. The summed E-state index contributed by atoms with van der Waals surface area (Å²) in [5.74, 6) is -1.18. The zero-order valence-electron chi connectivity index (χ0n) is 12.3. The highest BCUT2D eigenvalue weighted by molar-refractivity contribution is 7.89. The minimum absolute atomic E-state index is 0. The summed E-state index contributed by atoms with van der Waals surface area (Å²) in [5, 5.41) is 11.0. The fourth-order valence-corrected chi connectivity index (χ4v) is 4.38. The molecule has 10 heteroatoms. The Morgan fingerprint density at radius 1 is 1.35 bits per heavy atom. The van der Waals surface area contributed by atoms with Gasteiger partial charge in [0.25, 0.3) is 15.7 Å². The van der Waals surface area contributed by atoms with Crippen LogP contribution in [0.5, 0.6) is 0 Å². The zero-order chi connectivity index (χ0) is 16.3. The molecule has 2 unspecified atom stereocenters. The van der Waals surface area contributed by atoms with Crippen LogP contribution in [0, 0.1) is 21.8 Å². The minimum atomic E-state index is -4.33. The third-order valence-electron chi connectivity index (χ3n) is 3.93. The molecule has 1 saturated carbocycles. The second kappa shape index (κ2) is 8.00. The summed E-state index contributed by atoms with van der Waals surface area (Å²) in [5.41, 5.74) is 4.87. The largest absolute Gasteiger partial charge is 0.330 e. The lowest BCUT2D eigenvalue weighted by atomic mass is 9.85. The standard InChI is InChI=1S/C13H18FN3O4S.ClH/c14-10-5-3-7-12(17(18)19)13(10)22(20,21)16-11-6-2-1-4-9(11)8-15;/h3,5,7,9,11,16H,1-2,4,6,8,15H2;1H. The molecular formula is C13H19ClFN3O4S. The molecule has 0 saturated heterocycles. The van der Waals surface area contributed by atoms with Crippen molar-refractivity contribution in [2.45, 2.75) is 36.6 Å². The number of rotatable bonds is 5. The van der Waals surface area contributed by atoms with Gasteiger partial charge in [-0.15, -0.1) is 12.4 Å². The van der Waals surface area contributed by atoms with Gasteiger partial charge in [-0.25, -0.2) is 17.5 Å². The number of sulfonamides is 1. The first-order valence-electron chi connectivity index (χ1n) is 7.02. The molecule has 1 aromatic carbocycles. The number of benzene rings is 1. The van der Waals surface area contributed by atoms with Crippen molar-refractivity contribution < 1.29 is 17.7 Å². The van der Waals surface area contributed by atoms with Gasteiger partial charge in [-0.1, -0.05) is 18.9 Å². The maximum Gasteiger partial charge on any atom is 0.292 e. The molecule has 0 aromatic heterocycles. The molecule has 3 N–H and O–H groups in total. The van der Waals surface area contributed by atoms with E-state index >= 15 is 0 Å². The first-order chi connectivity index (χ1) is 10.4. The average Bonchev–Trinajstić information content (AvgIpc) is 2.46. The molecule has 0 aliphatic heterocycles. The van der Waals surface area contributed by atoms with Crippen LogP contribution in [-0.2, 0) is 10.0 Å². The molecule has 130 valence electrons. The third kappa shape index (κ3) is 4.37. The number of halogens is 2. The van der Waals surface area contributed by atoms with Crippen LogP contribution in [0.15, 0.2) is 23.1 Å². The summed E-state index contributed by atoms with van der Waals surface area (Å²) < 4.78 is 41.1. The normalized spacial score (nSPS) is 21.5. The molecule has 23 heavy (non-hydrogen) atoms. The summed E-state index contributed by atoms with van der Waals surface area (Å²) in [6, 6.07) is 2.54. The topological polar surface area (TPSA) is 115 Å². The quantitative estimate of drug-likeness (QED) is 0.609. The fraction of sp³-hybridized carbons (Fsp3) is 0.538. The Bertz CT molecular complexity index is 671. The number of nitrogens with one attached hydrogen (secondary N) is 1. The van der Waals surface area contributed by atoms with Gasteiger partial charge < -0.3 is 5.73 Å². The lowest BCUT2D eigenvalue weighted by molar-refractivity contribution is -0.388. The van der Waals surface area contributed by atoms with Gasteiger partial charge in [0.1, 0.15) is 5.82 Å². The molecular weight excluding hydrogens is 349 g/mol. The number of nitro benzene ring substituents is 1. The van der Waals surface area contributed by atoms with E-state index in [0.717, 1.165) is 37.5 Å². The van der Waals surface area contributed by atoms with Gasteiger partial charge >= 0.3 is 0 Å². The van der Waals surface area contributed by atoms with Crippen molar-refractivity contribution in [2.75, 3.05) is 6.54 Å². The Labute approximate surface area is 140 Å². The molecule has 0 amide bonds. The summed E-state index contributed by atoms with van der Waals surface area (Å²) in [7, 11) is -4.33. The molecule has 0 heterocycles. The van der Waals surface area contributed by atoms with Crippen LogP contribution in [0.2, 0.25) is 0 Å². The highest BCUT2D eigenvalue weighted by Gasteiger charge is 2.34. The van der Waals surface area contributed by atoms with Gasteiger partial charge in [-0.05, 0) is 31.4 Å². The lowest BCUT2D eigenvalue weighted by Crippen LogP contribution is -2.44. The van der Waals surface area contributed by atoms with Crippen LogP contribution >= 0.6 is 12.4 Å². The first kappa shape index (κ1) is 19.8. The van der Waals surface area contributed by atoms with Crippen molar-refractivity contribution in [1.29, 1.82) is 0 Å². The van der Waals surface area contributed by atoms with Crippen LogP contribution in [0.3, 0.4) is 0 Å². The van der Waals surface area contributed by atoms with Crippen molar-refractivity contribution in [3.63, 3.8) is 0 Å². The highest BCUT2D eigenvalue weighted by atomic mass is 35.5. The van der Waals surface area contributed by atoms with Crippen molar-refractivity contribution in [2.24, 2.45) is 11.7 Å². The maximum absolute atomic E-state index is 13.9. The van der Waals surface area contributed by atoms with Crippen LogP contribution in [0.25, 0.3) is 0 Å². The van der Waals surface area contributed by atoms with Gasteiger partial charge in [0.2, 0.25) is 0 Å². The van der Waals surface area contributed by atoms with Gasteiger partial charge in [-0.3, -0.25) is 10.1 Å². The van der Waals surface area contributed by atoms with Crippen LogP contribution in [0.4, 0.5) is 10.1 Å². The number of nitrogens with zero attached hydrogens (tertiary/aromatic N) is 1. The van der Waals surface area contributed by atoms with Crippen molar-refractivity contribution in [3.05, 3.63) is 34.1 Å². The average molecular weight is 368 g/mol. The van der Waals surface area contributed by atoms with E-state index < -0.39 is 37.4 Å². The Hall–Kier alpha value is -1.29. The zero-order valence-corrected chi connectivity index (χ0v) is 13.9. The number of nitrogens with two attached hydrogens (primary N) is 1. The summed E-state index contributed by atoms with van der Waals surface area (Å²) in [4.78, 5) is 9.14. The number of hydrogen-bond donors (Lipinski definition) is 2. The maximum atomic E-state index is 13.9. The Kier molecular flexibility index (Phi) is 6.87. The van der Waals surface area contributed by atoms with E-state index in [-0.39, 0.29) is 18.3 Å². The van der Waals surface area contributed by atoms with E-state index in [1.54, 1.807) is 0 Å². The fourth-order valence-electron chi connectivity index (χ4n) is 2.81. The SMILES string of the molecule is Cl.NCC1CCCCC1NS(=O)(=O)c1c(F)cccc1[N+](=O)[O-]. The first-order valence-corrected chi connectivity index (χ1v) is 8.50. The molecule has 2 atom stereocenters. The van der Waals surface area contributed by atoms with Crippen LogP contribution in [-0.4, -0.2) is 25.9 Å². The molecule has 0 spiro atoms. The predicted molar refractivity (Wildman–Crippen MR) is 85.4 cm³/mol. The molecule has 2 rings (SSSR count). The molecule has 1 aliphatic rings. The molecule has 0 radical (unpaired) electrons. The highest BCUT2D eigenvalue weighted by Crippen LogP contribution is 2.29. The number of hydrogen-bond acceptors (Lipinski definition) is 5. The van der Waals surface area contributed by atoms with E-state index in [9.17, 15) is 22.9 Å². The van der Waals surface area contributed by atoms with E-state index in [1.165, 1.54) is 0 Å². The predicted octanol–water partition coefficient (Wildman–Crippen LogP) is 1.95. The van der Waals surface area contributed by atoms with Crippen molar-refractivity contribution in [1.82, 2.24) is 4.72 Å². The molecule has 0 bridgehead atoms. The summed E-state index contributed by atoms with van der Waals surface area (Å²) >= 11 is 0. The second-order valence-corrected chi connectivity index (χ2v) is 7.00. The monoisotopic (exact) mass is 367 g/mol. The molecule has 1 aliphatic carbocycles. The summed E-state index contributed by atoms with van der Waals surface area (Å²) in [6.45, 7) is 0.312. The molecule has 1 aromatic rings. The number of nitro groups is 1. The third-order valence-corrected chi connectivity index (χ3v) is 5.48. The van der Waals surface area contributed by atoms with E-state index in [2.05, 4.69) is 4.72 Å². The van der Waals surface area contributed by atoms with Crippen molar-refractivity contribution in [3.8, 4) is 0 Å². The second-order valence-electron chi connectivity index (χ2n) is 5.35. The molecule has 1 fully saturated rings.